The fourth-order valence-corrected chi connectivity index (χ4v) is 3.05. The molecule has 0 bridgehead atoms. The van der Waals surface area contributed by atoms with Gasteiger partial charge in [0.25, 0.3) is 0 Å². The fraction of sp³-hybridized carbons (Fsp3) is 0.316. The molecule has 0 saturated carbocycles. The van der Waals surface area contributed by atoms with Crippen molar-refractivity contribution in [1.29, 1.82) is 0 Å². The number of ketones is 1. The minimum absolute atomic E-state index is 0.0418. The van der Waals surface area contributed by atoms with Crippen LogP contribution in [0.5, 0.6) is 0 Å². The number of hydrogen-bond donors (Lipinski definition) is 2. The summed E-state index contributed by atoms with van der Waals surface area (Å²) >= 11 is 6.11. The Morgan fingerprint density at radius 1 is 1.35 bits per heavy atom. The molecule has 0 unspecified atom stereocenters. The lowest BCUT2D eigenvalue weighted by Gasteiger charge is -2.23. The van der Waals surface area contributed by atoms with Crippen LogP contribution in [-0.4, -0.2) is 22.7 Å². The van der Waals surface area contributed by atoms with Crippen molar-refractivity contribution in [1.82, 2.24) is 10.3 Å². The lowest BCUT2D eigenvalue weighted by Crippen LogP contribution is -2.34. The standard InChI is InChI=1S/C19H21ClFN3O2/c1-3-15(24-11(2)9-16(22)25)13-6-7-14(20)17(18(13)21)19(26)12-5-4-8-23-10-12/h4-8,10-11,15,24H,3,9H2,1-2H3,(H2,22,25)/t11-,15+/m0/s1. The van der Waals surface area contributed by atoms with E-state index in [0.29, 0.717) is 12.0 Å². The molecular weight excluding hydrogens is 357 g/mol. The smallest absolute Gasteiger partial charge is 0.218 e. The van der Waals surface area contributed by atoms with E-state index in [4.69, 9.17) is 17.3 Å². The maximum absolute atomic E-state index is 15.2. The number of aromatic nitrogens is 1. The Bertz CT molecular complexity index is 799. The molecule has 0 radical (unpaired) electrons. The van der Waals surface area contributed by atoms with E-state index >= 15 is 4.39 Å². The van der Waals surface area contributed by atoms with Gasteiger partial charge in [-0.3, -0.25) is 14.6 Å². The first-order valence-corrected chi connectivity index (χ1v) is 8.69. The van der Waals surface area contributed by atoms with Crippen molar-refractivity contribution in [2.24, 2.45) is 5.73 Å². The Kier molecular flexibility index (Phi) is 6.83. The maximum atomic E-state index is 15.2. The van der Waals surface area contributed by atoms with Gasteiger partial charge < -0.3 is 11.1 Å². The molecule has 3 N–H and O–H groups in total. The molecule has 0 aliphatic heterocycles. The topological polar surface area (TPSA) is 85.1 Å². The van der Waals surface area contributed by atoms with Gasteiger partial charge in [-0.1, -0.05) is 24.6 Å². The quantitative estimate of drug-likeness (QED) is 0.690. The Morgan fingerprint density at radius 3 is 2.65 bits per heavy atom. The van der Waals surface area contributed by atoms with Gasteiger partial charge in [-0.25, -0.2) is 4.39 Å². The molecular formula is C19H21ClFN3O2. The van der Waals surface area contributed by atoms with Crippen LogP contribution in [0.25, 0.3) is 0 Å². The summed E-state index contributed by atoms with van der Waals surface area (Å²) in [7, 11) is 0. The summed E-state index contributed by atoms with van der Waals surface area (Å²) in [6, 6.07) is 5.60. The van der Waals surface area contributed by atoms with E-state index in [9.17, 15) is 9.59 Å². The summed E-state index contributed by atoms with van der Waals surface area (Å²) < 4.78 is 15.2. The average molecular weight is 378 g/mol. The molecule has 1 amide bonds. The average Bonchev–Trinajstić information content (AvgIpc) is 2.60. The van der Waals surface area contributed by atoms with Crippen LogP contribution in [0.1, 0.15) is 54.2 Å². The van der Waals surface area contributed by atoms with Crippen molar-refractivity contribution >= 4 is 23.3 Å². The number of halogens is 2. The lowest BCUT2D eigenvalue weighted by atomic mass is 9.96. The third kappa shape index (κ3) is 4.65. The van der Waals surface area contributed by atoms with Gasteiger partial charge in [0.05, 0.1) is 10.6 Å². The first-order chi connectivity index (χ1) is 12.3. The number of benzene rings is 1. The van der Waals surface area contributed by atoms with E-state index in [1.165, 1.54) is 18.5 Å². The van der Waals surface area contributed by atoms with Crippen LogP contribution < -0.4 is 11.1 Å². The van der Waals surface area contributed by atoms with Crippen molar-refractivity contribution in [2.75, 3.05) is 0 Å². The van der Waals surface area contributed by atoms with E-state index in [-0.39, 0.29) is 34.7 Å². The van der Waals surface area contributed by atoms with Gasteiger partial charge in [-0.15, -0.1) is 0 Å². The first kappa shape index (κ1) is 20.0. The van der Waals surface area contributed by atoms with Gasteiger partial charge in [0, 0.05) is 42.0 Å². The van der Waals surface area contributed by atoms with Crippen LogP contribution in [-0.2, 0) is 4.79 Å². The maximum Gasteiger partial charge on any atom is 0.218 e. The van der Waals surface area contributed by atoms with E-state index in [2.05, 4.69) is 10.3 Å². The van der Waals surface area contributed by atoms with Gasteiger partial charge >= 0.3 is 0 Å². The highest BCUT2D eigenvalue weighted by atomic mass is 35.5. The predicted octanol–water partition coefficient (Wildman–Crippen LogP) is 3.41. The molecule has 1 aromatic heterocycles. The second-order valence-electron chi connectivity index (χ2n) is 6.10. The third-order valence-corrected chi connectivity index (χ3v) is 4.36. The molecule has 2 atom stereocenters. The summed E-state index contributed by atoms with van der Waals surface area (Å²) in [6.07, 6.45) is 3.59. The van der Waals surface area contributed by atoms with Crippen LogP contribution >= 0.6 is 11.6 Å². The number of nitrogens with two attached hydrogens (primary N) is 1. The van der Waals surface area contributed by atoms with Crippen molar-refractivity contribution < 1.29 is 14.0 Å². The highest BCUT2D eigenvalue weighted by Gasteiger charge is 2.25. The van der Waals surface area contributed by atoms with Gasteiger partial charge in [-0.2, -0.15) is 0 Å². The molecule has 2 rings (SSSR count). The second kappa shape index (κ2) is 8.87. The van der Waals surface area contributed by atoms with Crippen molar-refractivity contribution in [3.05, 3.63) is 64.2 Å². The number of carbonyl (C=O) groups excluding carboxylic acids is 2. The molecule has 138 valence electrons. The second-order valence-corrected chi connectivity index (χ2v) is 6.50. The molecule has 5 nitrogen and oxygen atoms in total. The number of hydrogen-bond acceptors (Lipinski definition) is 4. The van der Waals surface area contributed by atoms with E-state index in [0.717, 1.165) is 0 Å². The number of nitrogens with zero attached hydrogens (tertiary/aromatic N) is 1. The summed E-state index contributed by atoms with van der Waals surface area (Å²) in [5, 5.41) is 3.21. The molecule has 1 aromatic carbocycles. The lowest BCUT2D eigenvalue weighted by molar-refractivity contribution is -0.118. The Balaban J connectivity index is 2.38. The van der Waals surface area contributed by atoms with Crippen molar-refractivity contribution in [2.45, 2.75) is 38.8 Å². The van der Waals surface area contributed by atoms with Crippen LogP contribution in [0, 0.1) is 5.82 Å². The number of nitrogens with one attached hydrogen (secondary N) is 1. The zero-order chi connectivity index (χ0) is 19.3. The highest BCUT2D eigenvalue weighted by Crippen LogP contribution is 2.30. The predicted molar refractivity (Wildman–Crippen MR) is 98.5 cm³/mol. The van der Waals surface area contributed by atoms with Gasteiger partial charge in [0.2, 0.25) is 5.91 Å². The molecule has 2 aromatic rings. The summed E-state index contributed by atoms with van der Waals surface area (Å²) in [4.78, 5) is 27.6. The molecule has 0 spiro atoms. The fourth-order valence-electron chi connectivity index (χ4n) is 2.82. The van der Waals surface area contributed by atoms with E-state index < -0.39 is 17.5 Å². The van der Waals surface area contributed by atoms with E-state index in [1.807, 2.05) is 6.92 Å². The third-order valence-electron chi connectivity index (χ3n) is 4.05. The Hall–Kier alpha value is -2.31. The first-order valence-electron chi connectivity index (χ1n) is 8.32. The molecule has 0 fully saturated rings. The number of carbonyl (C=O) groups is 2. The molecule has 1 heterocycles. The molecule has 0 aliphatic carbocycles. The Labute approximate surface area is 156 Å². The summed E-state index contributed by atoms with van der Waals surface area (Å²) in [5.74, 6) is -1.64. The number of rotatable bonds is 8. The molecule has 0 saturated heterocycles. The zero-order valence-corrected chi connectivity index (χ0v) is 15.4. The number of amides is 1. The van der Waals surface area contributed by atoms with E-state index in [1.54, 1.807) is 25.1 Å². The van der Waals surface area contributed by atoms with Crippen LogP contribution in [0.15, 0.2) is 36.7 Å². The normalized spacial score (nSPS) is 13.2. The van der Waals surface area contributed by atoms with Crippen LogP contribution in [0.4, 0.5) is 4.39 Å². The van der Waals surface area contributed by atoms with Crippen LogP contribution in [0.2, 0.25) is 5.02 Å². The highest BCUT2D eigenvalue weighted by molar-refractivity contribution is 6.35. The number of pyridine rings is 1. The van der Waals surface area contributed by atoms with Crippen molar-refractivity contribution in [3.8, 4) is 0 Å². The number of primary amides is 1. The largest absolute Gasteiger partial charge is 0.370 e. The monoisotopic (exact) mass is 377 g/mol. The Morgan fingerprint density at radius 2 is 2.08 bits per heavy atom. The minimum Gasteiger partial charge on any atom is -0.370 e. The molecule has 0 aliphatic rings. The molecule has 7 heteroatoms. The summed E-state index contributed by atoms with van der Waals surface area (Å²) in [5.41, 5.74) is 5.60. The van der Waals surface area contributed by atoms with Crippen molar-refractivity contribution in [3.63, 3.8) is 0 Å². The zero-order valence-electron chi connectivity index (χ0n) is 14.6. The van der Waals surface area contributed by atoms with Gasteiger partial charge in [0.15, 0.2) is 5.78 Å². The van der Waals surface area contributed by atoms with Gasteiger partial charge in [-0.05, 0) is 31.5 Å². The molecule has 26 heavy (non-hydrogen) atoms. The SMILES string of the molecule is CC[C@@H](N[C@@H](C)CC(N)=O)c1ccc(Cl)c(C(=O)c2cccnc2)c1F. The van der Waals surface area contributed by atoms with Gasteiger partial charge in [0.1, 0.15) is 5.82 Å². The minimum atomic E-state index is -0.669. The van der Waals surface area contributed by atoms with Crippen LogP contribution in [0.3, 0.4) is 0 Å². The summed E-state index contributed by atoms with van der Waals surface area (Å²) in [6.45, 7) is 3.67.